The largest absolute Gasteiger partial charge is 0.505 e. The van der Waals surface area contributed by atoms with E-state index < -0.39 is 0 Å². The van der Waals surface area contributed by atoms with Crippen molar-refractivity contribution in [1.29, 1.82) is 0 Å². The van der Waals surface area contributed by atoms with Crippen molar-refractivity contribution in [3.05, 3.63) is 89.3 Å². The van der Waals surface area contributed by atoms with Crippen LogP contribution in [-0.2, 0) is 42.6 Å². The fourth-order valence-electron chi connectivity index (χ4n) is 1.99. The molecule has 39 heavy (non-hydrogen) atoms. The van der Waals surface area contributed by atoms with Crippen LogP contribution in [-0.4, -0.2) is 92.0 Å². The average molecular weight is 559 g/mol. The molecule has 3 atom stereocenters. The van der Waals surface area contributed by atoms with Crippen molar-refractivity contribution >= 4 is 0 Å². The fraction of sp³-hybridized carbons (Fsp3) is 0.533. The predicted molar refractivity (Wildman–Crippen MR) is 160 cm³/mol. The maximum Gasteiger partial charge on any atom is 0.139 e. The molecule has 0 fully saturated rings. The summed E-state index contributed by atoms with van der Waals surface area (Å²) in [4.78, 5) is 0. The number of rotatable bonds is 24. The molecule has 0 saturated heterocycles. The van der Waals surface area contributed by atoms with Gasteiger partial charge in [0.05, 0.1) is 90.6 Å². The molecule has 0 aliphatic carbocycles. The number of methoxy groups -OCH3 is 2. The maximum absolute atomic E-state index is 5.79. The van der Waals surface area contributed by atoms with Gasteiger partial charge in [0.1, 0.15) is 6.10 Å². The van der Waals surface area contributed by atoms with Gasteiger partial charge in [-0.15, -0.1) is 13.2 Å². The Bertz CT molecular complexity index is 523. The monoisotopic (exact) mass is 558 g/mol. The first-order chi connectivity index (χ1) is 19.0. The molecule has 9 heteroatoms. The average Bonchev–Trinajstić information content (AvgIpc) is 2.96. The van der Waals surface area contributed by atoms with Gasteiger partial charge < -0.3 is 42.6 Å². The van der Waals surface area contributed by atoms with Gasteiger partial charge in [0.2, 0.25) is 0 Å². The molecule has 0 heterocycles. The Morgan fingerprint density at radius 3 is 1.21 bits per heavy atom. The molecule has 3 unspecified atom stereocenters. The molecule has 0 spiro atoms. The van der Waals surface area contributed by atoms with Gasteiger partial charge in [-0.2, -0.15) is 0 Å². The zero-order valence-corrected chi connectivity index (χ0v) is 24.8. The SMILES string of the molecule is C=CC(COCCOCC)OC(C=C)COCCOCC.C=COC.C=COC(C=C)COC.C=COC=C. The van der Waals surface area contributed by atoms with Crippen molar-refractivity contribution in [3.63, 3.8) is 0 Å². The minimum Gasteiger partial charge on any atom is -0.505 e. The second-order valence-corrected chi connectivity index (χ2v) is 6.63. The van der Waals surface area contributed by atoms with Gasteiger partial charge in [-0.1, -0.05) is 45.0 Å². The lowest BCUT2D eigenvalue weighted by molar-refractivity contribution is -0.0590. The van der Waals surface area contributed by atoms with Gasteiger partial charge in [0, 0.05) is 20.3 Å². The fourth-order valence-corrected chi connectivity index (χ4v) is 1.99. The first kappa shape index (κ1) is 43.4. The van der Waals surface area contributed by atoms with E-state index in [1.807, 2.05) is 13.8 Å². The molecule has 9 nitrogen and oxygen atoms in total. The summed E-state index contributed by atoms with van der Waals surface area (Å²) in [6.07, 6.45) is 10.0. The highest BCUT2D eigenvalue weighted by Crippen LogP contribution is 2.03. The van der Waals surface area contributed by atoms with Crippen LogP contribution in [0.5, 0.6) is 0 Å². The van der Waals surface area contributed by atoms with Crippen LogP contribution in [0.15, 0.2) is 89.3 Å². The van der Waals surface area contributed by atoms with Crippen molar-refractivity contribution < 1.29 is 42.6 Å². The Hall–Kier alpha value is -2.66. The highest BCUT2D eigenvalue weighted by Gasteiger charge is 2.12. The summed E-state index contributed by atoms with van der Waals surface area (Å²) in [5.74, 6) is 0. The summed E-state index contributed by atoms with van der Waals surface area (Å²) in [5.41, 5.74) is 0. The van der Waals surface area contributed by atoms with E-state index in [0.29, 0.717) is 59.5 Å². The smallest absolute Gasteiger partial charge is 0.139 e. The van der Waals surface area contributed by atoms with Crippen LogP contribution in [0.1, 0.15) is 13.8 Å². The topological polar surface area (TPSA) is 83.1 Å². The standard InChI is InChI=1S/C16H30O5.C7H12O2.C4H6O.C3H6O/c1-5-15(13-19-11-9-17-7-3)21-16(6-2)14-20-12-10-18-8-4;1-4-7(6-8-3)9-5-2;1-3-5-4-2;1-3-4-2/h5-6,15-16H,1-2,7-14H2,3-4H3;4-5,7H,1-2,6H2,3H3;3-4H,1-2H2;3H,1H2,2H3. The van der Waals surface area contributed by atoms with E-state index in [1.54, 1.807) is 32.4 Å². The molecule has 0 radical (unpaired) electrons. The molecular weight excluding hydrogens is 504 g/mol. The highest BCUT2D eigenvalue weighted by atomic mass is 16.6. The molecule has 0 aromatic heterocycles. The van der Waals surface area contributed by atoms with E-state index in [-0.39, 0.29) is 18.3 Å². The molecule has 0 N–H and O–H groups in total. The van der Waals surface area contributed by atoms with Gasteiger partial charge in [-0.25, -0.2) is 0 Å². The van der Waals surface area contributed by atoms with E-state index in [0.717, 1.165) is 0 Å². The van der Waals surface area contributed by atoms with Crippen molar-refractivity contribution in [2.45, 2.75) is 32.2 Å². The third kappa shape index (κ3) is 42.7. The van der Waals surface area contributed by atoms with Gasteiger partial charge >= 0.3 is 0 Å². The zero-order valence-electron chi connectivity index (χ0n) is 24.8. The molecular formula is C30H54O9. The molecule has 228 valence electrons. The van der Waals surface area contributed by atoms with Crippen LogP contribution in [0.4, 0.5) is 0 Å². The van der Waals surface area contributed by atoms with Crippen LogP contribution in [0.25, 0.3) is 0 Å². The van der Waals surface area contributed by atoms with Crippen molar-refractivity contribution in [2.75, 3.05) is 73.7 Å². The number of hydrogen-bond acceptors (Lipinski definition) is 9. The second-order valence-electron chi connectivity index (χ2n) is 6.63. The molecule has 0 aliphatic heterocycles. The molecule has 0 aromatic rings. The molecule has 0 saturated carbocycles. The summed E-state index contributed by atoms with van der Waals surface area (Å²) < 4.78 is 45.6. The Morgan fingerprint density at radius 2 is 0.949 bits per heavy atom. The van der Waals surface area contributed by atoms with Crippen LogP contribution in [0.2, 0.25) is 0 Å². The highest BCUT2D eigenvalue weighted by molar-refractivity contribution is 4.86. The van der Waals surface area contributed by atoms with E-state index in [1.165, 1.54) is 25.0 Å². The molecule has 0 aliphatic rings. The minimum absolute atomic E-state index is 0.0625. The third-order valence-electron chi connectivity index (χ3n) is 3.82. The van der Waals surface area contributed by atoms with E-state index in [4.69, 9.17) is 33.2 Å². The Morgan fingerprint density at radius 1 is 0.538 bits per heavy atom. The second kappa shape index (κ2) is 42.4. The van der Waals surface area contributed by atoms with E-state index >= 15 is 0 Å². The van der Waals surface area contributed by atoms with Gasteiger partial charge in [0.25, 0.3) is 0 Å². The molecule has 0 aromatic carbocycles. The van der Waals surface area contributed by atoms with Crippen molar-refractivity contribution in [2.24, 2.45) is 0 Å². The van der Waals surface area contributed by atoms with Gasteiger partial charge in [-0.3, -0.25) is 0 Å². The number of hydrogen-bond donors (Lipinski definition) is 0. The summed E-state index contributed by atoms with van der Waals surface area (Å²) in [6, 6.07) is 0. The van der Waals surface area contributed by atoms with E-state index in [9.17, 15) is 0 Å². The Balaban J connectivity index is -0.000000277. The van der Waals surface area contributed by atoms with E-state index in [2.05, 4.69) is 55.5 Å². The quantitative estimate of drug-likeness (QED) is 0.0850. The van der Waals surface area contributed by atoms with Crippen molar-refractivity contribution in [3.8, 4) is 0 Å². The maximum atomic E-state index is 5.79. The molecule has 0 rings (SSSR count). The lowest BCUT2D eigenvalue weighted by Crippen LogP contribution is -2.27. The van der Waals surface area contributed by atoms with Gasteiger partial charge in [-0.05, 0) is 19.9 Å². The molecule has 0 amide bonds. The summed E-state index contributed by atoms with van der Waals surface area (Å²) in [7, 11) is 3.18. The van der Waals surface area contributed by atoms with Crippen LogP contribution < -0.4 is 0 Å². The summed E-state index contributed by atoms with van der Waals surface area (Å²) in [5, 5.41) is 0. The van der Waals surface area contributed by atoms with Crippen LogP contribution in [0.3, 0.4) is 0 Å². The predicted octanol–water partition coefficient (Wildman–Crippen LogP) is 5.63. The zero-order chi connectivity index (χ0) is 30.4. The Kier molecular flexibility index (Phi) is 47.2. The third-order valence-corrected chi connectivity index (χ3v) is 3.82. The van der Waals surface area contributed by atoms with Crippen molar-refractivity contribution in [1.82, 2.24) is 0 Å². The number of ether oxygens (including phenoxy) is 9. The Labute approximate surface area is 238 Å². The normalized spacial score (nSPS) is 11.5. The lowest BCUT2D eigenvalue weighted by Gasteiger charge is -2.20. The lowest BCUT2D eigenvalue weighted by atomic mass is 10.3. The van der Waals surface area contributed by atoms with Crippen LogP contribution in [0, 0.1) is 0 Å². The summed E-state index contributed by atoms with van der Waals surface area (Å²) in [6.45, 7) is 33.2. The first-order valence-corrected chi connectivity index (χ1v) is 12.6. The minimum atomic E-state index is -0.190. The van der Waals surface area contributed by atoms with Crippen LogP contribution >= 0.6 is 0 Å². The van der Waals surface area contributed by atoms with Gasteiger partial charge in [0.15, 0.2) is 0 Å². The first-order valence-electron chi connectivity index (χ1n) is 12.6. The molecule has 0 bridgehead atoms. The summed E-state index contributed by atoms with van der Waals surface area (Å²) >= 11 is 0.